The zero-order valence-corrected chi connectivity index (χ0v) is 13.7. The summed E-state index contributed by atoms with van der Waals surface area (Å²) < 4.78 is 12.1. The number of carbonyl (C=O) groups excluding carboxylic acids is 1. The Morgan fingerprint density at radius 1 is 1.18 bits per heavy atom. The van der Waals surface area contributed by atoms with Crippen LogP contribution < -0.4 is 5.32 Å². The molecule has 0 aromatic heterocycles. The Morgan fingerprint density at radius 3 is 2.77 bits per heavy atom. The minimum absolute atomic E-state index is 0.0293. The smallest absolute Gasteiger partial charge is 0.317 e. The minimum Gasteiger partial charge on any atom is -0.337 e. The first-order valence-corrected chi connectivity index (χ1v) is 9.55. The lowest BCUT2D eigenvalue weighted by Crippen LogP contribution is -2.51. The van der Waals surface area contributed by atoms with Crippen molar-refractivity contribution in [2.45, 2.75) is 43.0 Å². The van der Waals surface area contributed by atoms with Crippen molar-refractivity contribution in [3.05, 3.63) is 30.3 Å². The van der Waals surface area contributed by atoms with Gasteiger partial charge in [0.1, 0.15) is 0 Å². The average molecular weight is 320 g/mol. The highest BCUT2D eigenvalue weighted by Crippen LogP contribution is 2.36. The van der Waals surface area contributed by atoms with Crippen molar-refractivity contribution in [3.63, 3.8) is 0 Å². The number of hydrogen-bond acceptors (Lipinski definition) is 2. The van der Waals surface area contributed by atoms with Crippen LogP contribution in [0.1, 0.15) is 32.1 Å². The third-order valence-corrected chi connectivity index (χ3v) is 6.20. The summed E-state index contributed by atoms with van der Waals surface area (Å²) in [6, 6.07) is 9.89. The highest BCUT2D eigenvalue weighted by molar-refractivity contribution is 7.85. The maximum atomic E-state index is 12.4. The Kier molecular flexibility index (Phi) is 5.13. The van der Waals surface area contributed by atoms with Crippen LogP contribution in [0, 0.1) is 5.92 Å². The van der Waals surface area contributed by atoms with Crippen LogP contribution in [0.25, 0.3) is 0 Å². The second-order valence-electron chi connectivity index (χ2n) is 6.19. The normalized spacial score (nSPS) is 25.5. The van der Waals surface area contributed by atoms with Gasteiger partial charge in [-0.05, 0) is 43.7 Å². The third-order valence-electron chi connectivity index (χ3n) is 4.82. The van der Waals surface area contributed by atoms with Crippen molar-refractivity contribution in [1.29, 1.82) is 0 Å². The molecule has 22 heavy (non-hydrogen) atoms. The molecule has 2 aliphatic rings. The van der Waals surface area contributed by atoms with Crippen LogP contribution in [0.5, 0.6) is 0 Å². The van der Waals surface area contributed by atoms with Gasteiger partial charge in [-0.15, -0.1) is 0 Å². The van der Waals surface area contributed by atoms with Gasteiger partial charge in [-0.3, -0.25) is 4.21 Å². The lowest BCUT2D eigenvalue weighted by Gasteiger charge is -2.37. The molecule has 1 aromatic carbocycles. The first kappa shape index (κ1) is 15.5. The standard InChI is InChI=1S/C17H24N2O2S/c20-17(19-12-5-7-14-6-4-10-16(14)19)18-11-13-22(21)15-8-2-1-3-9-15/h1-3,8-9,14,16H,4-7,10-13H2,(H,18,20). The van der Waals surface area contributed by atoms with E-state index in [1.165, 1.54) is 19.3 Å². The number of benzene rings is 1. The van der Waals surface area contributed by atoms with E-state index in [0.29, 0.717) is 24.3 Å². The van der Waals surface area contributed by atoms with E-state index in [4.69, 9.17) is 0 Å². The predicted octanol–water partition coefficient (Wildman–Crippen LogP) is 2.77. The molecule has 3 unspecified atom stereocenters. The van der Waals surface area contributed by atoms with Crippen LogP contribution >= 0.6 is 0 Å². The highest BCUT2D eigenvalue weighted by Gasteiger charge is 2.37. The summed E-state index contributed by atoms with van der Waals surface area (Å²) in [5.41, 5.74) is 0. The van der Waals surface area contributed by atoms with Crippen molar-refractivity contribution in [2.24, 2.45) is 5.92 Å². The Bertz CT molecular complexity index is 535. The van der Waals surface area contributed by atoms with Crippen LogP contribution in [0.15, 0.2) is 35.2 Å². The molecule has 0 spiro atoms. The van der Waals surface area contributed by atoms with Crippen LogP contribution in [0.3, 0.4) is 0 Å². The summed E-state index contributed by atoms with van der Waals surface area (Å²) in [6.07, 6.45) is 6.05. The van der Waals surface area contributed by atoms with Crippen molar-refractivity contribution in [3.8, 4) is 0 Å². The lowest BCUT2D eigenvalue weighted by molar-refractivity contribution is 0.129. The number of nitrogens with one attached hydrogen (secondary N) is 1. The zero-order chi connectivity index (χ0) is 15.4. The molecule has 3 atom stereocenters. The molecule has 1 aliphatic carbocycles. The van der Waals surface area contributed by atoms with Crippen LogP contribution in [0.2, 0.25) is 0 Å². The maximum absolute atomic E-state index is 12.4. The van der Waals surface area contributed by atoms with E-state index >= 15 is 0 Å². The molecule has 1 saturated carbocycles. The number of rotatable bonds is 4. The molecule has 2 amide bonds. The number of likely N-dealkylation sites (tertiary alicyclic amines) is 1. The van der Waals surface area contributed by atoms with E-state index in [9.17, 15) is 9.00 Å². The topological polar surface area (TPSA) is 49.4 Å². The van der Waals surface area contributed by atoms with Gasteiger partial charge in [-0.1, -0.05) is 24.6 Å². The second-order valence-corrected chi connectivity index (χ2v) is 7.76. The van der Waals surface area contributed by atoms with Gasteiger partial charge >= 0.3 is 6.03 Å². The number of carbonyl (C=O) groups is 1. The van der Waals surface area contributed by atoms with E-state index in [2.05, 4.69) is 5.32 Å². The summed E-state index contributed by atoms with van der Waals surface area (Å²) in [7, 11) is -1.04. The quantitative estimate of drug-likeness (QED) is 0.927. The number of fused-ring (bicyclic) bond motifs is 1. The molecule has 0 radical (unpaired) electrons. The molecular weight excluding hydrogens is 296 g/mol. The Labute approximate surface area is 134 Å². The van der Waals surface area contributed by atoms with E-state index in [0.717, 1.165) is 24.3 Å². The van der Waals surface area contributed by atoms with Gasteiger partial charge in [0.15, 0.2) is 0 Å². The molecular formula is C17H24N2O2S. The maximum Gasteiger partial charge on any atom is 0.317 e. The van der Waals surface area contributed by atoms with Gasteiger partial charge in [0.2, 0.25) is 0 Å². The predicted molar refractivity (Wildman–Crippen MR) is 88.2 cm³/mol. The Hall–Kier alpha value is -1.36. The molecule has 0 bridgehead atoms. The van der Waals surface area contributed by atoms with Crippen LogP contribution in [-0.4, -0.2) is 40.0 Å². The fourth-order valence-corrected chi connectivity index (χ4v) is 4.73. The summed E-state index contributed by atoms with van der Waals surface area (Å²) in [5.74, 6) is 1.18. The van der Waals surface area contributed by atoms with Crippen molar-refractivity contribution in [2.75, 3.05) is 18.8 Å². The third kappa shape index (κ3) is 3.51. The van der Waals surface area contributed by atoms with Crippen LogP contribution in [0.4, 0.5) is 4.79 Å². The fraction of sp³-hybridized carbons (Fsp3) is 0.588. The first-order chi connectivity index (χ1) is 10.8. The number of nitrogens with zero attached hydrogens (tertiary/aromatic N) is 1. The van der Waals surface area contributed by atoms with Gasteiger partial charge in [0.25, 0.3) is 0 Å². The molecule has 1 N–H and O–H groups in total. The molecule has 120 valence electrons. The lowest BCUT2D eigenvalue weighted by atomic mass is 9.92. The molecule has 5 heteroatoms. The highest BCUT2D eigenvalue weighted by atomic mass is 32.2. The number of piperidine rings is 1. The molecule has 4 nitrogen and oxygen atoms in total. The zero-order valence-electron chi connectivity index (χ0n) is 12.9. The van der Waals surface area contributed by atoms with E-state index in [1.807, 2.05) is 35.2 Å². The molecule has 3 rings (SSSR count). The van der Waals surface area contributed by atoms with E-state index in [-0.39, 0.29) is 6.03 Å². The SMILES string of the molecule is O=C(NCCS(=O)c1ccccc1)N1CCCC2CCCC21. The van der Waals surface area contributed by atoms with Crippen molar-refractivity contribution in [1.82, 2.24) is 10.2 Å². The summed E-state index contributed by atoms with van der Waals surface area (Å²) in [5, 5.41) is 2.96. The molecule has 1 aliphatic heterocycles. The summed E-state index contributed by atoms with van der Waals surface area (Å²) in [6.45, 7) is 1.34. The number of amides is 2. The van der Waals surface area contributed by atoms with Gasteiger partial charge in [0.05, 0.1) is 10.8 Å². The molecule has 1 heterocycles. The van der Waals surface area contributed by atoms with Gasteiger partial charge in [-0.25, -0.2) is 4.79 Å². The number of urea groups is 1. The van der Waals surface area contributed by atoms with Crippen LogP contribution in [-0.2, 0) is 10.8 Å². The molecule has 1 aromatic rings. The van der Waals surface area contributed by atoms with E-state index < -0.39 is 10.8 Å². The van der Waals surface area contributed by atoms with Gasteiger partial charge in [-0.2, -0.15) is 0 Å². The Morgan fingerprint density at radius 2 is 1.95 bits per heavy atom. The second kappa shape index (κ2) is 7.27. The number of hydrogen-bond donors (Lipinski definition) is 1. The summed E-state index contributed by atoms with van der Waals surface area (Å²) in [4.78, 5) is 15.2. The van der Waals surface area contributed by atoms with E-state index in [1.54, 1.807) is 0 Å². The molecule has 2 fully saturated rings. The largest absolute Gasteiger partial charge is 0.337 e. The first-order valence-electron chi connectivity index (χ1n) is 8.23. The average Bonchev–Trinajstić information content (AvgIpc) is 3.04. The van der Waals surface area contributed by atoms with Crippen molar-refractivity contribution >= 4 is 16.8 Å². The van der Waals surface area contributed by atoms with Crippen molar-refractivity contribution < 1.29 is 9.00 Å². The van der Waals surface area contributed by atoms with Gasteiger partial charge in [0, 0.05) is 29.8 Å². The minimum atomic E-state index is -1.04. The summed E-state index contributed by atoms with van der Waals surface area (Å²) >= 11 is 0. The molecule has 1 saturated heterocycles. The fourth-order valence-electron chi connectivity index (χ4n) is 3.75. The Balaban J connectivity index is 1.47. The van der Waals surface area contributed by atoms with Gasteiger partial charge < -0.3 is 10.2 Å². The monoisotopic (exact) mass is 320 g/mol.